The van der Waals surface area contributed by atoms with Crippen molar-refractivity contribution >= 4 is 16.0 Å². The van der Waals surface area contributed by atoms with Gasteiger partial charge < -0.3 is 5.73 Å². The Morgan fingerprint density at radius 2 is 2.06 bits per heavy atom. The molecule has 1 rings (SSSR count). The first kappa shape index (κ1) is 13.9. The van der Waals surface area contributed by atoms with Gasteiger partial charge in [-0.15, -0.1) is 0 Å². The van der Waals surface area contributed by atoms with Gasteiger partial charge >= 0.3 is 10.2 Å². The smallest absolute Gasteiger partial charge is 0.304 e. The van der Waals surface area contributed by atoms with Gasteiger partial charge in [-0.25, -0.2) is 9.29 Å². The van der Waals surface area contributed by atoms with E-state index < -0.39 is 10.2 Å². The predicted molar refractivity (Wildman–Crippen MR) is 67.9 cm³/mol. The van der Waals surface area contributed by atoms with E-state index in [1.54, 1.807) is 24.4 Å². The summed E-state index contributed by atoms with van der Waals surface area (Å²) in [5.41, 5.74) is 5.36. The molecule has 2 N–H and O–H groups in total. The molecule has 1 aromatic heterocycles. The second kappa shape index (κ2) is 5.95. The summed E-state index contributed by atoms with van der Waals surface area (Å²) >= 11 is 0. The Labute approximate surface area is 102 Å². The van der Waals surface area contributed by atoms with Gasteiger partial charge in [0.15, 0.2) is 0 Å². The van der Waals surface area contributed by atoms with E-state index in [1.165, 1.54) is 18.4 Å². The number of aromatic nitrogens is 1. The molecule has 1 aromatic rings. The lowest BCUT2D eigenvalue weighted by Gasteiger charge is -2.24. The zero-order chi connectivity index (χ0) is 12.9. The Morgan fingerprint density at radius 1 is 1.35 bits per heavy atom. The second-order valence-corrected chi connectivity index (χ2v) is 5.69. The van der Waals surface area contributed by atoms with Crippen molar-refractivity contribution in [3.63, 3.8) is 0 Å². The largest absolute Gasteiger partial charge is 0.330 e. The molecule has 0 radical (unpaired) electrons. The third-order valence-corrected chi connectivity index (χ3v) is 4.24. The maximum Gasteiger partial charge on any atom is 0.304 e. The first-order valence-electron chi connectivity index (χ1n) is 5.31. The SMILES string of the molecule is CN(CCCN)S(=O)(=O)N(C)c1ccccn1. The molecule has 1 heterocycles. The summed E-state index contributed by atoms with van der Waals surface area (Å²) in [5.74, 6) is 0.395. The summed E-state index contributed by atoms with van der Waals surface area (Å²) in [5, 5.41) is 0. The topological polar surface area (TPSA) is 79.5 Å². The minimum absolute atomic E-state index is 0.395. The van der Waals surface area contributed by atoms with E-state index >= 15 is 0 Å². The van der Waals surface area contributed by atoms with Crippen LogP contribution in [0.1, 0.15) is 6.42 Å². The quantitative estimate of drug-likeness (QED) is 0.781. The van der Waals surface area contributed by atoms with Crippen LogP contribution in [0, 0.1) is 0 Å². The average molecular weight is 258 g/mol. The predicted octanol–water partition coefficient (Wildman–Crippen LogP) is 0.0432. The monoisotopic (exact) mass is 258 g/mol. The Morgan fingerprint density at radius 3 is 2.59 bits per heavy atom. The molecule has 0 saturated heterocycles. The normalized spacial score (nSPS) is 11.8. The van der Waals surface area contributed by atoms with Gasteiger partial charge in [-0.3, -0.25) is 0 Å². The van der Waals surface area contributed by atoms with Gasteiger partial charge in [0.05, 0.1) is 0 Å². The van der Waals surface area contributed by atoms with Crippen LogP contribution in [0.15, 0.2) is 24.4 Å². The highest BCUT2D eigenvalue weighted by atomic mass is 32.2. The molecular formula is C10H18N4O2S. The van der Waals surface area contributed by atoms with Crippen molar-refractivity contribution in [3.8, 4) is 0 Å². The van der Waals surface area contributed by atoms with Crippen LogP contribution in [0.2, 0.25) is 0 Å². The number of anilines is 1. The molecule has 96 valence electrons. The van der Waals surface area contributed by atoms with Gasteiger partial charge in [-0.1, -0.05) is 6.07 Å². The highest BCUT2D eigenvalue weighted by Crippen LogP contribution is 2.14. The van der Waals surface area contributed by atoms with Crippen molar-refractivity contribution in [1.29, 1.82) is 0 Å². The van der Waals surface area contributed by atoms with E-state index in [0.717, 1.165) is 4.31 Å². The van der Waals surface area contributed by atoms with Gasteiger partial charge in [0, 0.05) is 26.8 Å². The van der Waals surface area contributed by atoms with Gasteiger partial charge in [-0.05, 0) is 25.1 Å². The summed E-state index contributed by atoms with van der Waals surface area (Å²) in [6, 6.07) is 5.13. The molecule has 0 saturated carbocycles. The molecule has 0 aliphatic carbocycles. The van der Waals surface area contributed by atoms with Crippen molar-refractivity contribution < 1.29 is 8.42 Å². The van der Waals surface area contributed by atoms with E-state index in [-0.39, 0.29) is 0 Å². The van der Waals surface area contributed by atoms with Crippen LogP contribution in [0.5, 0.6) is 0 Å². The summed E-state index contributed by atoms with van der Waals surface area (Å²) in [6.07, 6.45) is 2.19. The zero-order valence-corrected chi connectivity index (χ0v) is 10.9. The molecule has 0 unspecified atom stereocenters. The lowest BCUT2D eigenvalue weighted by molar-refractivity contribution is 0.462. The number of hydrogen-bond acceptors (Lipinski definition) is 4. The summed E-state index contributed by atoms with van der Waals surface area (Å²) < 4.78 is 26.6. The Bertz CT molecular complexity index is 435. The molecule has 0 aliphatic rings. The van der Waals surface area contributed by atoms with Crippen LogP contribution in [-0.4, -0.2) is 44.9 Å². The molecule has 0 aromatic carbocycles. The van der Waals surface area contributed by atoms with Crippen molar-refractivity contribution in [2.75, 3.05) is 31.5 Å². The van der Waals surface area contributed by atoms with Gasteiger partial charge in [0.2, 0.25) is 0 Å². The molecule has 0 atom stereocenters. The molecule has 0 amide bonds. The summed E-state index contributed by atoms with van der Waals surface area (Å²) in [4.78, 5) is 4.00. The van der Waals surface area contributed by atoms with Crippen LogP contribution >= 0.6 is 0 Å². The molecule has 0 fully saturated rings. The van der Waals surface area contributed by atoms with E-state index in [9.17, 15) is 8.42 Å². The molecule has 0 bridgehead atoms. The molecule has 0 aliphatic heterocycles. The highest BCUT2D eigenvalue weighted by molar-refractivity contribution is 7.90. The fourth-order valence-electron chi connectivity index (χ4n) is 1.30. The third kappa shape index (κ3) is 3.39. The van der Waals surface area contributed by atoms with Crippen LogP contribution in [-0.2, 0) is 10.2 Å². The molecule has 6 nitrogen and oxygen atoms in total. The molecular weight excluding hydrogens is 240 g/mol. The van der Waals surface area contributed by atoms with Crippen LogP contribution in [0.25, 0.3) is 0 Å². The van der Waals surface area contributed by atoms with E-state index in [2.05, 4.69) is 4.98 Å². The average Bonchev–Trinajstić information content (AvgIpc) is 2.35. The minimum atomic E-state index is -3.52. The Hall–Kier alpha value is -1.18. The first-order chi connectivity index (χ1) is 8.00. The fraction of sp³-hybridized carbons (Fsp3) is 0.500. The van der Waals surface area contributed by atoms with Crippen molar-refractivity contribution in [2.24, 2.45) is 5.73 Å². The molecule has 17 heavy (non-hydrogen) atoms. The first-order valence-corrected chi connectivity index (χ1v) is 6.71. The highest BCUT2D eigenvalue weighted by Gasteiger charge is 2.23. The Balaban J connectivity index is 2.84. The summed E-state index contributed by atoms with van der Waals surface area (Å²) in [7, 11) is -0.501. The van der Waals surface area contributed by atoms with Crippen LogP contribution in [0.4, 0.5) is 5.82 Å². The molecule has 0 spiro atoms. The lowest BCUT2D eigenvalue weighted by atomic mass is 10.4. The second-order valence-electron chi connectivity index (χ2n) is 3.63. The number of pyridine rings is 1. The van der Waals surface area contributed by atoms with Crippen LogP contribution < -0.4 is 10.0 Å². The summed E-state index contributed by atoms with van der Waals surface area (Å²) in [6.45, 7) is 0.864. The van der Waals surface area contributed by atoms with E-state index in [1.807, 2.05) is 0 Å². The van der Waals surface area contributed by atoms with Crippen molar-refractivity contribution in [1.82, 2.24) is 9.29 Å². The van der Waals surface area contributed by atoms with Gasteiger partial charge in [0.25, 0.3) is 0 Å². The van der Waals surface area contributed by atoms with E-state index in [4.69, 9.17) is 5.73 Å². The van der Waals surface area contributed by atoms with Gasteiger partial charge in [0.1, 0.15) is 5.82 Å². The number of hydrogen-bond donors (Lipinski definition) is 1. The number of nitrogens with zero attached hydrogens (tertiary/aromatic N) is 3. The number of rotatable bonds is 6. The number of nitrogens with two attached hydrogens (primary N) is 1. The standard InChI is InChI=1S/C10H18N4O2S/c1-13(9-5-7-11)17(15,16)14(2)10-6-3-4-8-12-10/h3-4,6,8H,5,7,9,11H2,1-2H3. The van der Waals surface area contributed by atoms with Crippen molar-refractivity contribution in [2.45, 2.75) is 6.42 Å². The van der Waals surface area contributed by atoms with E-state index in [0.29, 0.717) is 25.3 Å². The fourth-order valence-corrected chi connectivity index (χ4v) is 2.42. The minimum Gasteiger partial charge on any atom is -0.330 e. The third-order valence-electron chi connectivity index (χ3n) is 2.39. The Kier molecular flexibility index (Phi) is 4.86. The molecule has 7 heteroatoms. The zero-order valence-electron chi connectivity index (χ0n) is 10.1. The van der Waals surface area contributed by atoms with Crippen LogP contribution in [0.3, 0.4) is 0 Å². The lowest BCUT2D eigenvalue weighted by Crippen LogP contribution is -2.40. The maximum atomic E-state index is 12.1. The van der Waals surface area contributed by atoms with Gasteiger partial charge in [-0.2, -0.15) is 12.7 Å². The maximum absolute atomic E-state index is 12.1. The van der Waals surface area contributed by atoms with Crippen molar-refractivity contribution in [3.05, 3.63) is 24.4 Å².